The fourth-order valence-electron chi connectivity index (χ4n) is 8.99. The lowest BCUT2D eigenvalue weighted by molar-refractivity contribution is -0.0709. The number of ether oxygens (including phenoxy) is 1. The molecule has 166 valence electrons. The van der Waals surface area contributed by atoms with Crippen LogP contribution in [0, 0.1) is 51.8 Å². The van der Waals surface area contributed by atoms with Gasteiger partial charge in [0, 0.05) is 6.61 Å². The van der Waals surface area contributed by atoms with E-state index in [-0.39, 0.29) is 0 Å². The Hall–Kier alpha value is -0.300. The van der Waals surface area contributed by atoms with Crippen molar-refractivity contribution < 1.29 is 4.74 Å². The van der Waals surface area contributed by atoms with Crippen LogP contribution in [0.1, 0.15) is 100 Å². The fourth-order valence-corrected chi connectivity index (χ4v) is 8.99. The predicted octanol–water partition coefficient (Wildman–Crippen LogP) is 7.90. The van der Waals surface area contributed by atoms with E-state index in [1.807, 2.05) is 5.57 Å². The van der Waals surface area contributed by atoms with Crippen LogP contribution in [0.5, 0.6) is 0 Å². The highest BCUT2D eigenvalue weighted by Crippen LogP contribution is 2.69. The summed E-state index contributed by atoms with van der Waals surface area (Å²) in [7, 11) is 0. The minimum absolute atomic E-state index is 0.358. The quantitative estimate of drug-likeness (QED) is 0.436. The maximum atomic E-state index is 6.06. The molecule has 1 nitrogen and oxygen atoms in total. The monoisotopic (exact) mass is 400 g/mol. The molecule has 3 saturated carbocycles. The first kappa shape index (κ1) is 21.9. The third-order valence-corrected chi connectivity index (χ3v) is 10.9. The second-order valence-corrected chi connectivity index (χ2v) is 12.9. The van der Waals surface area contributed by atoms with Crippen LogP contribution in [-0.2, 0) is 4.74 Å². The highest BCUT2D eigenvalue weighted by atomic mass is 16.5. The summed E-state index contributed by atoms with van der Waals surface area (Å²) in [5, 5.41) is 0. The summed E-state index contributed by atoms with van der Waals surface area (Å²) in [4.78, 5) is 0. The molecule has 1 heteroatoms. The van der Waals surface area contributed by atoms with E-state index in [1.54, 1.807) is 0 Å². The molecule has 0 heterocycles. The predicted molar refractivity (Wildman–Crippen MR) is 124 cm³/mol. The molecule has 0 aromatic heterocycles. The Morgan fingerprint density at radius 1 is 0.966 bits per heavy atom. The normalized spacial score (nSPS) is 47.2. The first-order chi connectivity index (χ1) is 13.5. The van der Waals surface area contributed by atoms with Crippen LogP contribution in [0.3, 0.4) is 0 Å². The molecule has 3 fully saturated rings. The van der Waals surface area contributed by atoms with Gasteiger partial charge in [-0.1, -0.05) is 53.2 Å². The molecule has 0 N–H and O–H groups in total. The van der Waals surface area contributed by atoms with Crippen molar-refractivity contribution in [3.05, 3.63) is 11.6 Å². The van der Waals surface area contributed by atoms with Crippen molar-refractivity contribution in [3.8, 4) is 0 Å². The van der Waals surface area contributed by atoms with Crippen molar-refractivity contribution in [2.45, 2.75) is 106 Å². The molecule has 4 rings (SSSR count). The van der Waals surface area contributed by atoms with Gasteiger partial charge in [-0.15, -0.1) is 0 Å². The molecule has 8 atom stereocenters. The molecule has 0 saturated heterocycles. The Morgan fingerprint density at radius 3 is 2.38 bits per heavy atom. The van der Waals surface area contributed by atoms with Crippen LogP contribution in [-0.4, -0.2) is 12.7 Å². The van der Waals surface area contributed by atoms with Gasteiger partial charge in [-0.2, -0.15) is 0 Å². The largest absolute Gasteiger partial charge is 0.379 e. The number of allylic oxidation sites excluding steroid dienone is 2. The summed E-state index contributed by atoms with van der Waals surface area (Å²) >= 11 is 0. The average molecular weight is 401 g/mol. The summed E-state index contributed by atoms with van der Waals surface area (Å²) < 4.78 is 6.06. The molecule has 0 aromatic rings. The van der Waals surface area contributed by atoms with Gasteiger partial charge in [0.05, 0.1) is 6.10 Å². The standard InChI is InChI=1S/C28H48O/c1-18(2)29-17-19(3)22-10-11-23-21-9-12-25-26(5,6)20(4)13-15-28(25,8)24(21)14-16-27(22,23)7/h12,18-24H,9-11,13-17H2,1-8H3. The zero-order valence-electron chi connectivity index (χ0n) is 20.7. The molecule has 0 aliphatic heterocycles. The SMILES string of the molecule is CC(C)OCC(C)C1CCC2C3CC=C4C(C)(C)C(C)CCC4(C)C3CCC12C. The topological polar surface area (TPSA) is 9.23 Å². The lowest BCUT2D eigenvalue weighted by Crippen LogP contribution is -2.53. The summed E-state index contributed by atoms with van der Waals surface area (Å²) in [6.07, 6.45) is 13.1. The van der Waals surface area contributed by atoms with E-state index in [1.165, 1.54) is 44.9 Å². The second kappa shape index (κ2) is 7.39. The van der Waals surface area contributed by atoms with Gasteiger partial charge in [-0.3, -0.25) is 0 Å². The Morgan fingerprint density at radius 2 is 1.69 bits per heavy atom. The fraction of sp³-hybridized carbons (Fsp3) is 0.929. The average Bonchev–Trinajstić information content (AvgIpc) is 3.00. The summed E-state index contributed by atoms with van der Waals surface area (Å²) in [5.41, 5.74) is 3.23. The molecule has 4 aliphatic carbocycles. The number of fused-ring (bicyclic) bond motifs is 5. The molecule has 0 spiro atoms. The van der Waals surface area contributed by atoms with E-state index in [0.717, 1.165) is 36.2 Å². The van der Waals surface area contributed by atoms with Gasteiger partial charge in [0.1, 0.15) is 0 Å². The molecule has 0 aromatic carbocycles. The molecule has 29 heavy (non-hydrogen) atoms. The van der Waals surface area contributed by atoms with Gasteiger partial charge < -0.3 is 4.74 Å². The first-order valence-corrected chi connectivity index (χ1v) is 12.8. The number of hydrogen-bond donors (Lipinski definition) is 0. The molecule has 0 bridgehead atoms. The van der Waals surface area contributed by atoms with E-state index in [9.17, 15) is 0 Å². The smallest absolute Gasteiger partial charge is 0.0519 e. The van der Waals surface area contributed by atoms with Crippen LogP contribution in [0.2, 0.25) is 0 Å². The third-order valence-electron chi connectivity index (χ3n) is 10.9. The van der Waals surface area contributed by atoms with Crippen LogP contribution < -0.4 is 0 Å². The van der Waals surface area contributed by atoms with Crippen LogP contribution in [0.15, 0.2) is 11.6 Å². The molecular weight excluding hydrogens is 352 g/mol. The van der Waals surface area contributed by atoms with E-state index < -0.39 is 0 Å². The van der Waals surface area contributed by atoms with Gasteiger partial charge in [0.15, 0.2) is 0 Å². The minimum atomic E-state index is 0.358. The van der Waals surface area contributed by atoms with E-state index in [0.29, 0.717) is 28.3 Å². The lowest BCUT2D eigenvalue weighted by atomic mass is 9.43. The van der Waals surface area contributed by atoms with E-state index >= 15 is 0 Å². The van der Waals surface area contributed by atoms with Crippen LogP contribution in [0.25, 0.3) is 0 Å². The van der Waals surface area contributed by atoms with Crippen molar-refractivity contribution in [2.75, 3.05) is 6.61 Å². The zero-order valence-corrected chi connectivity index (χ0v) is 20.7. The summed E-state index contributed by atoms with van der Waals surface area (Å²) in [5.74, 6) is 5.16. The van der Waals surface area contributed by atoms with Crippen molar-refractivity contribution in [1.29, 1.82) is 0 Å². The van der Waals surface area contributed by atoms with Crippen molar-refractivity contribution in [3.63, 3.8) is 0 Å². The minimum Gasteiger partial charge on any atom is -0.379 e. The second-order valence-electron chi connectivity index (χ2n) is 12.9. The maximum absolute atomic E-state index is 6.06. The van der Waals surface area contributed by atoms with Crippen LogP contribution in [0.4, 0.5) is 0 Å². The maximum Gasteiger partial charge on any atom is 0.0519 e. The number of hydrogen-bond acceptors (Lipinski definition) is 1. The molecule has 4 aliphatic rings. The molecule has 8 unspecified atom stereocenters. The first-order valence-electron chi connectivity index (χ1n) is 12.8. The van der Waals surface area contributed by atoms with Crippen molar-refractivity contribution in [2.24, 2.45) is 51.8 Å². The van der Waals surface area contributed by atoms with Gasteiger partial charge in [0.25, 0.3) is 0 Å². The number of rotatable bonds is 4. The highest BCUT2D eigenvalue weighted by molar-refractivity contribution is 5.30. The Bertz CT molecular complexity index is 645. The molecule has 0 radical (unpaired) electrons. The van der Waals surface area contributed by atoms with E-state index in [2.05, 4.69) is 61.5 Å². The summed E-state index contributed by atoms with van der Waals surface area (Å²) in [6, 6.07) is 0. The van der Waals surface area contributed by atoms with Gasteiger partial charge in [-0.25, -0.2) is 0 Å². The Kier molecular flexibility index (Phi) is 5.58. The summed E-state index contributed by atoms with van der Waals surface area (Å²) in [6.45, 7) is 20.7. The Balaban J connectivity index is 1.58. The Labute approximate surface area is 181 Å². The zero-order chi connectivity index (χ0) is 21.2. The van der Waals surface area contributed by atoms with Gasteiger partial charge in [-0.05, 0) is 111 Å². The molecular formula is C28H48O. The van der Waals surface area contributed by atoms with Crippen molar-refractivity contribution in [1.82, 2.24) is 0 Å². The molecule has 0 amide bonds. The van der Waals surface area contributed by atoms with Gasteiger partial charge >= 0.3 is 0 Å². The van der Waals surface area contributed by atoms with Gasteiger partial charge in [0.2, 0.25) is 0 Å². The lowest BCUT2D eigenvalue weighted by Gasteiger charge is -2.61. The van der Waals surface area contributed by atoms with Crippen molar-refractivity contribution >= 4 is 0 Å². The van der Waals surface area contributed by atoms with E-state index in [4.69, 9.17) is 4.74 Å². The van der Waals surface area contributed by atoms with Crippen LogP contribution >= 0.6 is 0 Å². The highest BCUT2D eigenvalue weighted by Gasteiger charge is 2.60. The third kappa shape index (κ3) is 3.28.